The molecule has 3 aliphatic rings. The SMILES string of the molecule is CC(=O)C1=C(O)C(C(C)C)[C@@]2(C)[C@H](C(C)=O)[C@]3(C)C(=C(O)[C@@]2(O)C1=O)C(=O)c1c(O)cccc1[C@H]3C. The van der Waals surface area contributed by atoms with Crippen molar-refractivity contribution in [3.8, 4) is 5.75 Å². The average Bonchev–Trinajstić information content (AvgIpc) is 2.74. The normalized spacial score (nSPS) is 36.0. The number of hydrogen-bond acceptors (Lipinski definition) is 8. The van der Waals surface area contributed by atoms with Gasteiger partial charge in [0.2, 0.25) is 5.78 Å². The summed E-state index contributed by atoms with van der Waals surface area (Å²) < 4.78 is 0. The van der Waals surface area contributed by atoms with Crippen LogP contribution in [0.15, 0.2) is 40.9 Å². The van der Waals surface area contributed by atoms with Crippen molar-refractivity contribution in [2.24, 2.45) is 28.6 Å². The number of aliphatic hydroxyl groups excluding tert-OH is 2. The molecular formula is C28H32O8. The monoisotopic (exact) mass is 496 g/mol. The summed E-state index contributed by atoms with van der Waals surface area (Å²) >= 11 is 0. The molecule has 0 heterocycles. The Kier molecular flexibility index (Phi) is 5.47. The van der Waals surface area contributed by atoms with Crippen molar-refractivity contribution in [2.75, 3.05) is 0 Å². The number of carbonyl (C=O) groups is 4. The zero-order valence-electron chi connectivity index (χ0n) is 21.5. The number of allylic oxidation sites excluding steroid dienone is 2. The lowest BCUT2D eigenvalue weighted by Crippen LogP contribution is -2.72. The Bertz CT molecular complexity index is 1320. The molecule has 6 atom stereocenters. The fraction of sp³-hybridized carbons (Fsp3) is 0.500. The van der Waals surface area contributed by atoms with E-state index in [2.05, 4.69) is 0 Å². The molecule has 192 valence electrons. The van der Waals surface area contributed by atoms with Crippen LogP contribution < -0.4 is 0 Å². The van der Waals surface area contributed by atoms with Gasteiger partial charge >= 0.3 is 0 Å². The summed E-state index contributed by atoms with van der Waals surface area (Å²) in [7, 11) is 0. The molecule has 1 aromatic rings. The lowest BCUT2D eigenvalue weighted by Gasteiger charge is -2.64. The molecule has 36 heavy (non-hydrogen) atoms. The largest absolute Gasteiger partial charge is 0.511 e. The smallest absolute Gasteiger partial charge is 0.209 e. The highest BCUT2D eigenvalue weighted by Gasteiger charge is 2.76. The topological polar surface area (TPSA) is 149 Å². The second kappa shape index (κ2) is 7.62. The van der Waals surface area contributed by atoms with Gasteiger partial charge in [0, 0.05) is 28.2 Å². The summed E-state index contributed by atoms with van der Waals surface area (Å²) in [5, 5.41) is 45.7. The lowest BCUT2D eigenvalue weighted by molar-refractivity contribution is -0.193. The number of carbonyl (C=O) groups excluding carboxylic acids is 4. The number of ketones is 4. The van der Waals surface area contributed by atoms with Crippen LogP contribution in [0.2, 0.25) is 0 Å². The van der Waals surface area contributed by atoms with Gasteiger partial charge in [-0.15, -0.1) is 0 Å². The Balaban J connectivity index is 2.25. The van der Waals surface area contributed by atoms with Crippen molar-refractivity contribution in [1.29, 1.82) is 0 Å². The van der Waals surface area contributed by atoms with E-state index < -0.39 is 80.3 Å². The van der Waals surface area contributed by atoms with Crippen LogP contribution in [-0.4, -0.2) is 49.2 Å². The molecule has 3 aliphatic carbocycles. The number of hydrogen-bond donors (Lipinski definition) is 4. The molecule has 0 bridgehead atoms. The highest BCUT2D eigenvalue weighted by Crippen LogP contribution is 2.70. The number of phenolic OH excluding ortho intramolecular Hbond substituents is 1. The highest BCUT2D eigenvalue weighted by atomic mass is 16.4. The zero-order valence-corrected chi connectivity index (χ0v) is 21.5. The van der Waals surface area contributed by atoms with Crippen LogP contribution in [0.1, 0.15) is 70.3 Å². The van der Waals surface area contributed by atoms with E-state index in [1.165, 1.54) is 19.9 Å². The third-order valence-corrected chi connectivity index (χ3v) is 9.17. The number of benzene rings is 1. The van der Waals surface area contributed by atoms with Gasteiger partial charge in [0.25, 0.3) is 0 Å². The van der Waals surface area contributed by atoms with Crippen LogP contribution in [0, 0.1) is 28.6 Å². The van der Waals surface area contributed by atoms with Crippen LogP contribution in [0.25, 0.3) is 0 Å². The number of phenols is 1. The van der Waals surface area contributed by atoms with Crippen LogP contribution in [-0.2, 0) is 14.4 Å². The molecule has 0 amide bonds. The van der Waals surface area contributed by atoms with E-state index in [4.69, 9.17) is 0 Å². The molecular weight excluding hydrogens is 464 g/mol. The molecule has 4 rings (SSSR count). The standard InChI is InChI=1S/C28H32O8/c1-11(2)19-21(32)17(13(4)29)24(34)28(36)25(35)20-22(33)18-15(9-8-10-16(18)31)12(3)26(20,6)23(14(5)30)27(19,28)7/h8-12,19,23,31-32,35-36H,1-7H3/t12-,19?,23-,26+,27+,28+/m1/s1. The third kappa shape index (κ3) is 2.63. The van der Waals surface area contributed by atoms with Gasteiger partial charge in [-0.1, -0.05) is 46.8 Å². The quantitative estimate of drug-likeness (QED) is 0.463. The first-order valence-electron chi connectivity index (χ1n) is 12.0. The Morgan fingerprint density at radius 2 is 1.61 bits per heavy atom. The first kappa shape index (κ1) is 25.8. The average molecular weight is 497 g/mol. The summed E-state index contributed by atoms with van der Waals surface area (Å²) in [6.45, 7) is 10.6. The maximum atomic E-state index is 13.9. The van der Waals surface area contributed by atoms with Gasteiger partial charge in [-0.05, 0) is 37.3 Å². The number of Topliss-reactive ketones (excluding diaryl/α,β-unsaturated/α-hetero) is 4. The maximum absolute atomic E-state index is 13.9. The van der Waals surface area contributed by atoms with Crippen molar-refractivity contribution in [3.63, 3.8) is 0 Å². The first-order valence-corrected chi connectivity index (χ1v) is 12.0. The van der Waals surface area contributed by atoms with E-state index in [-0.39, 0.29) is 16.9 Å². The minimum atomic E-state index is -2.85. The molecule has 0 aromatic heterocycles. The molecule has 8 heteroatoms. The summed E-state index contributed by atoms with van der Waals surface area (Å²) in [5.41, 5.74) is -6.71. The van der Waals surface area contributed by atoms with E-state index >= 15 is 0 Å². The number of aromatic hydroxyl groups is 1. The van der Waals surface area contributed by atoms with Gasteiger partial charge in [-0.2, -0.15) is 0 Å². The van der Waals surface area contributed by atoms with Crippen LogP contribution >= 0.6 is 0 Å². The second-order valence-corrected chi connectivity index (χ2v) is 11.2. The highest BCUT2D eigenvalue weighted by molar-refractivity contribution is 6.25. The van der Waals surface area contributed by atoms with Crippen molar-refractivity contribution >= 4 is 23.1 Å². The van der Waals surface area contributed by atoms with Gasteiger partial charge in [0.05, 0.1) is 5.56 Å². The summed E-state index contributed by atoms with van der Waals surface area (Å²) in [6, 6.07) is 4.56. The Hall–Kier alpha value is -3.26. The lowest BCUT2D eigenvalue weighted by atomic mass is 9.38. The van der Waals surface area contributed by atoms with Crippen LogP contribution in [0.5, 0.6) is 5.75 Å². The van der Waals surface area contributed by atoms with Crippen molar-refractivity contribution in [1.82, 2.24) is 0 Å². The Morgan fingerprint density at radius 3 is 2.11 bits per heavy atom. The molecule has 4 N–H and O–H groups in total. The molecule has 0 radical (unpaired) electrons. The number of fused-ring (bicyclic) bond motifs is 3. The minimum absolute atomic E-state index is 0.0765. The van der Waals surface area contributed by atoms with Crippen molar-refractivity contribution < 1.29 is 39.6 Å². The predicted molar refractivity (Wildman–Crippen MR) is 130 cm³/mol. The van der Waals surface area contributed by atoms with E-state index in [0.29, 0.717) is 5.56 Å². The van der Waals surface area contributed by atoms with Gasteiger partial charge < -0.3 is 20.4 Å². The zero-order chi connectivity index (χ0) is 27.3. The van der Waals surface area contributed by atoms with Crippen LogP contribution in [0.3, 0.4) is 0 Å². The van der Waals surface area contributed by atoms with Crippen molar-refractivity contribution in [3.05, 3.63) is 52.0 Å². The van der Waals surface area contributed by atoms with Gasteiger partial charge in [0.15, 0.2) is 17.2 Å². The second-order valence-electron chi connectivity index (χ2n) is 11.2. The molecule has 0 aliphatic heterocycles. The van der Waals surface area contributed by atoms with E-state index in [0.717, 1.165) is 6.92 Å². The molecule has 1 unspecified atom stereocenters. The Labute approximate surface area is 209 Å². The van der Waals surface area contributed by atoms with E-state index in [9.17, 15) is 39.6 Å². The molecule has 0 fully saturated rings. The van der Waals surface area contributed by atoms with Crippen molar-refractivity contribution in [2.45, 2.75) is 60.0 Å². The summed E-state index contributed by atoms with van der Waals surface area (Å²) in [6.07, 6.45) is 0. The first-order chi connectivity index (χ1) is 16.5. The molecule has 0 spiro atoms. The fourth-order valence-corrected chi connectivity index (χ4v) is 7.79. The van der Waals surface area contributed by atoms with E-state index in [1.54, 1.807) is 39.8 Å². The number of rotatable bonds is 3. The molecule has 8 nitrogen and oxygen atoms in total. The summed E-state index contributed by atoms with van der Waals surface area (Å²) in [4.78, 5) is 53.7. The van der Waals surface area contributed by atoms with Crippen LogP contribution in [0.4, 0.5) is 0 Å². The molecule has 0 saturated carbocycles. The number of aliphatic hydroxyl groups is 3. The third-order valence-electron chi connectivity index (χ3n) is 9.17. The molecule has 1 aromatic carbocycles. The predicted octanol–water partition coefficient (Wildman–Crippen LogP) is 3.72. The van der Waals surface area contributed by atoms with Gasteiger partial charge in [-0.25, -0.2) is 0 Å². The van der Waals surface area contributed by atoms with Gasteiger partial charge in [0.1, 0.15) is 28.6 Å². The Morgan fingerprint density at radius 1 is 1.03 bits per heavy atom. The maximum Gasteiger partial charge on any atom is 0.209 e. The van der Waals surface area contributed by atoms with Gasteiger partial charge in [-0.3, -0.25) is 19.2 Å². The molecule has 0 saturated heterocycles. The summed E-state index contributed by atoms with van der Waals surface area (Å²) in [5.74, 6) is -8.55. The van der Waals surface area contributed by atoms with E-state index in [1.807, 2.05) is 0 Å². The fourth-order valence-electron chi connectivity index (χ4n) is 7.79. The minimum Gasteiger partial charge on any atom is -0.511 e.